The van der Waals surface area contributed by atoms with E-state index in [-0.39, 0.29) is 0 Å². The number of hydrogen-bond donors (Lipinski definition) is 1. The monoisotopic (exact) mass is 146 g/mol. The molecule has 0 radical (unpaired) electrons. The second-order valence-electron chi connectivity index (χ2n) is 3.06. The lowest BCUT2D eigenvalue weighted by Crippen LogP contribution is -2.46. The smallest absolute Gasteiger partial charge is 0.0288 e. The third kappa shape index (κ3) is 2.64. The minimum atomic E-state index is 0.343. The summed E-state index contributed by atoms with van der Waals surface area (Å²) in [6.45, 7) is 8.19. The van der Waals surface area contributed by atoms with Gasteiger partial charge in [-0.05, 0) is 27.7 Å². The molecule has 62 valence electrons. The predicted molar refractivity (Wildman–Crippen MR) is 41.7 cm³/mol. The summed E-state index contributed by atoms with van der Waals surface area (Å²) < 4.78 is 0. The Kier molecular flexibility index (Phi) is 3.86. The first-order valence-corrected chi connectivity index (χ1v) is 3.67. The zero-order valence-corrected chi connectivity index (χ0v) is 7.50. The van der Waals surface area contributed by atoms with Gasteiger partial charge in [-0.2, -0.15) is 0 Å². The predicted octanol–water partition coefficient (Wildman–Crippen LogP) is 1.34. The molecular formula is C7H18N2O. The molecule has 0 rings (SSSR count). The van der Waals surface area contributed by atoms with Gasteiger partial charge in [-0.15, -0.1) is 5.17 Å². The molecule has 0 saturated carbocycles. The fraction of sp³-hybridized carbons (Fsp3) is 1.00. The van der Waals surface area contributed by atoms with Crippen molar-refractivity contribution < 1.29 is 5.21 Å². The summed E-state index contributed by atoms with van der Waals surface area (Å²) in [5.41, 5.74) is 0. The van der Waals surface area contributed by atoms with E-state index < -0.39 is 0 Å². The maximum Gasteiger partial charge on any atom is 0.0288 e. The Morgan fingerprint density at radius 1 is 1.00 bits per heavy atom. The standard InChI is InChI=1S/C7H18N2O/c1-6(2)9(7(3)4)8(5)10/h6-7,10H,1-5H3. The van der Waals surface area contributed by atoms with Crippen molar-refractivity contribution in [3.8, 4) is 0 Å². The molecule has 0 amide bonds. The number of nitrogens with zero attached hydrogens (tertiary/aromatic N) is 2. The van der Waals surface area contributed by atoms with E-state index in [2.05, 4.69) is 0 Å². The molecule has 3 heteroatoms. The van der Waals surface area contributed by atoms with Crippen molar-refractivity contribution in [1.29, 1.82) is 0 Å². The maximum absolute atomic E-state index is 9.11. The second-order valence-corrected chi connectivity index (χ2v) is 3.06. The Hall–Kier alpha value is -0.120. The van der Waals surface area contributed by atoms with Crippen molar-refractivity contribution in [2.24, 2.45) is 0 Å². The highest BCUT2D eigenvalue weighted by atomic mass is 16.5. The minimum absolute atomic E-state index is 0.343. The van der Waals surface area contributed by atoms with E-state index in [1.807, 2.05) is 32.7 Å². The highest BCUT2D eigenvalue weighted by Gasteiger charge is 2.15. The Balaban J connectivity index is 3.98. The molecule has 0 aromatic rings. The third-order valence-corrected chi connectivity index (χ3v) is 1.39. The molecule has 10 heavy (non-hydrogen) atoms. The first kappa shape index (κ1) is 9.88. The average molecular weight is 146 g/mol. The second kappa shape index (κ2) is 3.91. The number of hydrazine groups is 1. The topological polar surface area (TPSA) is 26.7 Å². The summed E-state index contributed by atoms with van der Waals surface area (Å²) in [5.74, 6) is 0. The molecule has 1 N–H and O–H groups in total. The Morgan fingerprint density at radius 2 is 1.30 bits per heavy atom. The van der Waals surface area contributed by atoms with E-state index >= 15 is 0 Å². The van der Waals surface area contributed by atoms with E-state index in [0.29, 0.717) is 12.1 Å². The molecule has 0 atom stereocenters. The lowest BCUT2D eigenvalue weighted by atomic mass is 10.3. The highest BCUT2D eigenvalue weighted by molar-refractivity contribution is 4.59. The van der Waals surface area contributed by atoms with E-state index in [9.17, 15) is 0 Å². The fourth-order valence-corrected chi connectivity index (χ4v) is 1.26. The molecule has 0 spiro atoms. The summed E-state index contributed by atoms with van der Waals surface area (Å²) in [7, 11) is 1.64. The zero-order valence-electron chi connectivity index (χ0n) is 7.50. The molecule has 0 aromatic heterocycles. The summed E-state index contributed by atoms with van der Waals surface area (Å²) >= 11 is 0. The zero-order chi connectivity index (χ0) is 8.31. The normalized spacial score (nSPS) is 12.6. The van der Waals surface area contributed by atoms with Gasteiger partial charge in [-0.1, -0.05) is 0 Å². The maximum atomic E-state index is 9.11. The van der Waals surface area contributed by atoms with Crippen LogP contribution in [0.5, 0.6) is 0 Å². The molecule has 0 aromatic carbocycles. The van der Waals surface area contributed by atoms with E-state index in [0.717, 1.165) is 5.17 Å². The summed E-state index contributed by atoms with van der Waals surface area (Å²) in [5, 5.41) is 12.1. The summed E-state index contributed by atoms with van der Waals surface area (Å²) in [6, 6.07) is 0.685. The van der Waals surface area contributed by atoms with Gasteiger partial charge >= 0.3 is 0 Å². The average Bonchev–Trinajstić information content (AvgIpc) is 1.59. The highest BCUT2D eigenvalue weighted by Crippen LogP contribution is 2.04. The van der Waals surface area contributed by atoms with Crippen molar-refractivity contribution in [3.05, 3.63) is 0 Å². The van der Waals surface area contributed by atoms with Crippen LogP contribution in [0.1, 0.15) is 27.7 Å². The van der Waals surface area contributed by atoms with Crippen molar-refractivity contribution >= 4 is 0 Å². The van der Waals surface area contributed by atoms with Crippen LogP contribution < -0.4 is 0 Å². The first-order valence-electron chi connectivity index (χ1n) is 3.67. The Labute approximate surface area is 63.2 Å². The summed E-state index contributed by atoms with van der Waals surface area (Å²) in [4.78, 5) is 0. The van der Waals surface area contributed by atoms with Gasteiger partial charge < -0.3 is 0 Å². The molecule has 3 nitrogen and oxygen atoms in total. The number of hydrogen-bond acceptors (Lipinski definition) is 3. The van der Waals surface area contributed by atoms with Gasteiger partial charge in [0.2, 0.25) is 0 Å². The Morgan fingerprint density at radius 3 is 1.30 bits per heavy atom. The summed E-state index contributed by atoms with van der Waals surface area (Å²) in [6.07, 6.45) is 0. The van der Waals surface area contributed by atoms with Crippen molar-refractivity contribution in [2.45, 2.75) is 39.8 Å². The molecule has 0 saturated heterocycles. The van der Waals surface area contributed by atoms with Gasteiger partial charge in [0.15, 0.2) is 0 Å². The van der Waals surface area contributed by atoms with Crippen LogP contribution in [0.15, 0.2) is 0 Å². The van der Waals surface area contributed by atoms with Crippen molar-refractivity contribution in [2.75, 3.05) is 7.05 Å². The first-order chi connectivity index (χ1) is 4.46. The molecule has 0 fully saturated rings. The fourth-order valence-electron chi connectivity index (χ4n) is 1.26. The molecule has 0 heterocycles. The quantitative estimate of drug-likeness (QED) is 0.609. The van der Waals surface area contributed by atoms with Crippen molar-refractivity contribution in [3.63, 3.8) is 0 Å². The molecule has 0 aliphatic rings. The molecule has 0 aliphatic heterocycles. The van der Waals surface area contributed by atoms with Gasteiger partial charge in [0, 0.05) is 19.1 Å². The van der Waals surface area contributed by atoms with Crippen LogP contribution in [-0.2, 0) is 0 Å². The van der Waals surface area contributed by atoms with Crippen molar-refractivity contribution in [1.82, 2.24) is 10.2 Å². The number of hydroxylamine groups is 1. The molecule has 0 bridgehead atoms. The van der Waals surface area contributed by atoms with Crippen LogP contribution in [0.3, 0.4) is 0 Å². The third-order valence-electron chi connectivity index (χ3n) is 1.39. The van der Waals surface area contributed by atoms with Gasteiger partial charge in [0.25, 0.3) is 0 Å². The van der Waals surface area contributed by atoms with E-state index in [4.69, 9.17) is 5.21 Å². The van der Waals surface area contributed by atoms with Crippen LogP contribution in [0.25, 0.3) is 0 Å². The van der Waals surface area contributed by atoms with Gasteiger partial charge in [0.05, 0.1) is 0 Å². The van der Waals surface area contributed by atoms with Crippen LogP contribution in [0.2, 0.25) is 0 Å². The number of rotatable bonds is 3. The molecule has 0 unspecified atom stereocenters. The molecular weight excluding hydrogens is 128 g/mol. The minimum Gasteiger partial charge on any atom is -0.299 e. The van der Waals surface area contributed by atoms with Gasteiger partial charge in [-0.3, -0.25) is 5.21 Å². The largest absolute Gasteiger partial charge is 0.299 e. The lowest BCUT2D eigenvalue weighted by Gasteiger charge is -2.33. The van der Waals surface area contributed by atoms with E-state index in [1.165, 1.54) is 0 Å². The van der Waals surface area contributed by atoms with E-state index in [1.54, 1.807) is 7.05 Å². The molecule has 0 aliphatic carbocycles. The lowest BCUT2D eigenvalue weighted by molar-refractivity contribution is -0.251. The van der Waals surface area contributed by atoms with Crippen LogP contribution in [-0.4, -0.2) is 34.5 Å². The Bertz CT molecular complexity index is 72.6. The van der Waals surface area contributed by atoms with Crippen LogP contribution >= 0.6 is 0 Å². The van der Waals surface area contributed by atoms with Gasteiger partial charge in [-0.25, -0.2) is 5.01 Å². The SMILES string of the molecule is CC(C)N(C(C)C)N(C)O. The van der Waals surface area contributed by atoms with Gasteiger partial charge in [0.1, 0.15) is 0 Å². The van der Waals surface area contributed by atoms with Crippen LogP contribution in [0, 0.1) is 0 Å². The van der Waals surface area contributed by atoms with Crippen LogP contribution in [0.4, 0.5) is 0 Å².